The van der Waals surface area contributed by atoms with E-state index in [0.29, 0.717) is 0 Å². The van der Waals surface area contributed by atoms with Gasteiger partial charge in [-0.1, -0.05) is 13.8 Å². The molecule has 2 heteroatoms. The summed E-state index contributed by atoms with van der Waals surface area (Å²) < 4.78 is 0. The predicted molar refractivity (Wildman–Crippen MR) is 49.9 cm³/mol. The van der Waals surface area contributed by atoms with Crippen molar-refractivity contribution >= 4 is 11.3 Å². The molecule has 60 valence electrons. The molecule has 0 atom stereocenters. The maximum Gasteiger partial charge on any atom is 0.100 e. The molecule has 1 aromatic heterocycles. The molecule has 0 N–H and O–H groups in total. The first-order valence-corrected chi connectivity index (χ1v) is 4.53. The van der Waals surface area contributed by atoms with Crippen LogP contribution in [0.15, 0.2) is 6.07 Å². The van der Waals surface area contributed by atoms with Crippen LogP contribution in [0.2, 0.25) is 0 Å². The van der Waals surface area contributed by atoms with Crippen molar-refractivity contribution in [2.24, 2.45) is 0 Å². The topological polar surface area (TPSA) is 23.8 Å². The fraction of sp³-hybridized carbons (Fsp3) is 0.444. The van der Waals surface area contributed by atoms with E-state index in [0.717, 1.165) is 10.4 Å². The number of thiophene rings is 1. The lowest BCUT2D eigenvalue weighted by Gasteiger charge is -1.76. The summed E-state index contributed by atoms with van der Waals surface area (Å²) in [5, 5.41) is 8.49. The van der Waals surface area contributed by atoms with Crippen LogP contribution in [0.1, 0.15) is 29.2 Å². The molecule has 0 amide bonds. The summed E-state index contributed by atoms with van der Waals surface area (Å²) in [6.45, 7) is 7.98. The molecule has 1 aromatic rings. The minimum absolute atomic E-state index is 0.817. The molecule has 0 fully saturated rings. The number of hydrogen-bond acceptors (Lipinski definition) is 2. The van der Waals surface area contributed by atoms with Crippen molar-refractivity contribution < 1.29 is 0 Å². The monoisotopic (exact) mass is 167 g/mol. The molecule has 1 heterocycles. The van der Waals surface area contributed by atoms with Crippen molar-refractivity contribution in [1.29, 1.82) is 5.26 Å². The molecule has 1 rings (SSSR count). The summed E-state index contributed by atoms with van der Waals surface area (Å²) in [6.07, 6.45) is 0. The molecule has 0 aliphatic carbocycles. The van der Waals surface area contributed by atoms with Crippen LogP contribution in [0, 0.1) is 25.2 Å². The van der Waals surface area contributed by atoms with Crippen molar-refractivity contribution in [1.82, 2.24) is 0 Å². The lowest BCUT2D eigenvalue weighted by molar-refractivity contribution is 1.46. The Morgan fingerprint density at radius 1 is 1.36 bits per heavy atom. The summed E-state index contributed by atoms with van der Waals surface area (Å²) >= 11 is 1.67. The Hall–Kier alpha value is -0.810. The third-order valence-electron chi connectivity index (χ3n) is 1.16. The van der Waals surface area contributed by atoms with Gasteiger partial charge in [0.05, 0.1) is 5.56 Å². The van der Waals surface area contributed by atoms with Crippen LogP contribution < -0.4 is 0 Å². The zero-order valence-electron chi connectivity index (χ0n) is 7.43. The third kappa shape index (κ3) is 2.73. The quantitative estimate of drug-likeness (QED) is 0.581. The first kappa shape index (κ1) is 10.2. The Bertz CT molecular complexity index is 255. The number of hydrogen-bond donors (Lipinski definition) is 0. The van der Waals surface area contributed by atoms with E-state index in [1.165, 1.54) is 4.88 Å². The number of rotatable bonds is 0. The Labute approximate surface area is 72.3 Å². The molecular weight excluding hydrogens is 154 g/mol. The molecule has 0 saturated carbocycles. The fourth-order valence-electron chi connectivity index (χ4n) is 0.742. The Morgan fingerprint density at radius 3 is 2.09 bits per heavy atom. The first-order valence-electron chi connectivity index (χ1n) is 3.71. The molecule has 0 aromatic carbocycles. The molecule has 0 unspecified atom stereocenters. The highest BCUT2D eigenvalue weighted by molar-refractivity contribution is 7.12. The summed E-state index contributed by atoms with van der Waals surface area (Å²) in [5.41, 5.74) is 0.817. The van der Waals surface area contributed by atoms with E-state index in [-0.39, 0.29) is 0 Å². The normalized spacial score (nSPS) is 7.91. The van der Waals surface area contributed by atoms with Gasteiger partial charge in [-0.05, 0) is 19.9 Å². The van der Waals surface area contributed by atoms with Gasteiger partial charge in [0.2, 0.25) is 0 Å². The molecule has 0 spiro atoms. The van der Waals surface area contributed by atoms with Crippen molar-refractivity contribution in [2.75, 3.05) is 0 Å². The fourth-order valence-corrected chi connectivity index (χ4v) is 1.62. The highest BCUT2D eigenvalue weighted by atomic mass is 32.1. The molecular formula is C9H13NS. The van der Waals surface area contributed by atoms with Gasteiger partial charge in [0.15, 0.2) is 0 Å². The average molecular weight is 167 g/mol. The average Bonchev–Trinajstić information content (AvgIpc) is 2.33. The largest absolute Gasteiger partial charge is 0.192 e. The van der Waals surface area contributed by atoms with Crippen molar-refractivity contribution in [3.63, 3.8) is 0 Å². The van der Waals surface area contributed by atoms with Gasteiger partial charge >= 0.3 is 0 Å². The lowest BCUT2D eigenvalue weighted by Crippen LogP contribution is -1.66. The van der Waals surface area contributed by atoms with Crippen LogP contribution in [-0.4, -0.2) is 0 Å². The maximum absolute atomic E-state index is 8.49. The second kappa shape index (κ2) is 4.92. The van der Waals surface area contributed by atoms with Crippen molar-refractivity contribution in [3.05, 3.63) is 21.4 Å². The Balaban J connectivity index is 0.000000461. The second-order valence-corrected chi connectivity index (χ2v) is 3.40. The summed E-state index contributed by atoms with van der Waals surface area (Å²) in [4.78, 5) is 2.33. The smallest absolute Gasteiger partial charge is 0.100 e. The molecule has 11 heavy (non-hydrogen) atoms. The number of nitriles is 1. The standard InChI is InChI=1S/C7H7NS.C2H6/c1-5-3-7(4-8)6(2)9-5;1-2/h3H,1-2H3;1-2H3. The van der Waals surface area contributed by atoms with E-state index in [1.807, 2.05) is 33.8 Å². The Kier molecular flexibility index (Phi) is 4.56. The molecule has 0 aliphatic heterocycles. The maximum atomic E-state index is 8.49. The minimum atomic E-state index is 0.817. The van der Waals surface area contributed by atoms with E-state index in [9.17, 15) is 0 Å². The second-order valence-electron chi connectivity index (χ2n) is 1.94. The van der Waals surface area contributed by atoms with E-state index in [1.54, 1.807) is 11.3 Å². The summed E-state index contributed by atoms with van der Waals surface area (Å²) in [6, 6.07) is 4.04. The van der Waals surface area contributed by atoms with Crippen molar-refractivity contribution in [3.8, 4) is 6.07 Å². The van der Waals surface area contributed by atoms with Crippen molar-refractivity contribution in [2.45, 2.75) is 27.7 Å². The molecule has 0 radical (unpaired) electrons. The lowest BCUT2D eigenvalue weighted by atomic mass is 10.3. The molecule has 1 nitrogen and oxygen atoms in total. The van der Waals surface area contributed by atoms with Gasteiger partial charge in [-0.15, -0.1) is 11.3 Å². The summed E-state index contributed by atoms with van der Waals surface area (Å²) in [5.74, 6) is 0. The van der Waals surface area contributed by atoms with Gasteiger partial charge in [0, 0.05) is 9.75 Å². The van der Waals surface area contributed by atoms with Gasteiger partial charge in [-0.25, -0.2) is 0 Å². The summed E-state index contributed by atoms with van der Waals surface area (Å²) in [7, 11) is 0. The van der Waals surface area contributed by atoms with Crippen LogP contribution in [0.25, 0.3) is 0 Å². The number of nitrogens with zero attached hydrogens (tertiary/aromatic N) is 1. The van der Waals surface area contributed by atoms with Gasteiger partial charge in [0.1, 0.15) is 6.07 Å². The van der Waals surface area contributed by atoms with Crippen LogP contribution >= 0.6 is 11.3 Å². The zero-order valence-corrected chi connectivity index (χ0v) is 8.25. The van der Waals surface area contributed by atoms with Crippen LogP contribution in [0.3, 0.4) is 0 Å². The number of aryl methyl sites for hydroxylation is 2. The van der Waals surface area contributed by atoms with Gasteiger partial charge in [-0.2, -0.15) is 5.26 Å². The molecule has 0 saturated heterocycles. The van der Waals surface area contributed by atoms with E-state index in [4.69, 9.17) is 5.26 Å². The van der Waals surface area contributed by atoms with Crippen LogP contribution in [0.4, 0.5) is 0 Å². The SMILES string of the molecule is CC.Cc1cc(C#N)c(C)s1. The van der Waals surface area contributed by atoms with E-state index >= 15 is 0 Å². The predicted octanol–water partition coefficient (Wildman–Crippen LogP) is 3.26. The molecule has 0 aliphatic rings. The molecule has 0 bridgehead atoms. The highest BCUT2D eigenvalue weighted by Gasteiger charge is 1.98. The van der Waals surface area contributed by atoms with Gasteiger partial charge < -0.3 is 0 Å². The third-order valence-corrected chi connectivity index (χ3v) is 2.13. The van der Waals surface area contributed by atoms with Gasteiger partial charge in [-0.3, -0.25) is 0 Å². The zero-order chi connectivity index (χ0) is 8.85. The minimum Gasteiger partial charge on any atom is -0.192 e. The van der Waals surface area contributed by atoms with Crippen LogP contribution in [0.5, 0.6) is 0 Å². The first-order chi connectivity index (χ1) is 5.24. The highest BCUT2D eigenvalue weighted by Crippen LogP contribution is 2.18. The van der Waals surface area contributed by atoms with Crippen LogP contribution in [-0.2, 0) is 0 Å². The van der Waals surface area contributed by atoms with Gasteiger partial charge in [0.25, 0.3) is 0 Å². The van der Waals surface area contributed by atoms with E-state index < -0.39 is 0 Å². The Morgan fingerprint density at radius 2 is 1.91 bits per heavy atom. The van der Waals surface area contributed by atoms with E-state index in [2.05, 4.69) is 6.07 Å².